The second-order valence-electron chi connectivity index (χ2n) is 7.56. The molecule has 2 saturated carbocycles. The van der Waals surface area contributed by atoms with Gasteiger partial charge in [0.15, 0.2) is 0 Å². The summed E-state index contributed by atoms with van der Waals surface area (Å²) >= 11 is 0. The molecule has 2 amide bonds. The van der Waals surface area contributed by atoms with Crippen LogP contribution in [-0.2, 0) is 4.79 Å². The topological polar surface area (TPSA) is 58.2 Å². The van der Waals surface area contributed by atoms with Crippen molar-refractivity contribution in [3.63, 3.8) is 0 Å². The molecule has 1 unspecified atom stereocenters. The Kier molecular flexibility index (Phi) is 6.48. The van der Waals surface area contributed by atoms with E-state index in [0.29, 0.717) is 5.56 Å². The zero-order valence-electron chi connectivity index (χ0n) is 15.0. The van der Waals surface area contributed by atoms with Crippen molar-refractivity contribution in [1.29, 1.82) is 0 Å². The monoisotopic (exact) mass is 342 g/mol. The third-order valence-corrected chi connectivity index (χ3v) is 5.68. The molecular formula is C21H30N2O2. The van der Waals surface area contributed by atoms with Gasteiger partial charge in [0.25, 0.3) is 5.91 Å². The summed E-state index contributed by atoms with van der Waals surface area (Å²) in [6.45, 7) is 0. The Morgan fingerprint density at radius 3 is 2.08 bits per heavy atom. The number of carbonyl (C=O) groups excluding carboxylic acids is 2. The van der Waals surface area contributed by atoms with Crippen molar-refractivity contribution in [3.8, 4) is 0 Å². The number of benzene rings is 1. The van der Waals surface area contributed by atoms with Crippen molar-refractivity contribution in [2.75, 3.05) is 0 Å². The summed E-state index contributed by atoms with van der Waals surface area (Å²) in [4.78, 5) is 25.6. The van der Waals surface area contributed by atoms with Crippen molar-refractivity contribution < 1.29 is 9.59 Å². The van der Waals surface area contributed by atoms with E-state index in [1.165, 1.54) is 25.7 Å². The molecule has 136 valence electrons. The molecule has 1 aromatic rings. The van der Waals surface area contributed by atoms with Gasteiger partial charge < -0.3 is 10.6 Å². The van der Waals surface area contributed by atoms with E-state index in [0.717, 1.165) is 38.5 Å². The maximum Gasteiger partial charge on any atom is 0.251 e. The van der Waals surface area contributed by atoms with Crippen molar-refractivity contribution >= 4 is 11.8 Å². The standard InChI is InChI=1S/C21H30N2O2/c24-20(17-12-6-2-7-13-17)23-19(16-10-4-1-5-11-16)21(25)22-18-14-8-3-9-15-18/h2,6-7,12-13,16,18-19H,1,3-5,8-11,14-15H2,(H,22,25)(H,23,24). The van der Waals surface area contributed by atoms with Crippen LogP contribution >= 0.6 is 0 Å². The third kappa shape index (κ3) is 5.07. The Morgan fingerprint density at radius 1 is 0.840 bits per heavy atom. The van der Waals surface area contributed by atoms with Crippen LogP contribution in [-0.4, -0.2) is 23.9 Å². The lowest BCUT2D eigenvalue weighted by Crippen LogP contribution is -2.53. The minimum Gasteiger partial charge on any atom is -0.352 e. The minimum absolute atomic E-state index is 0.0167. The largest absolute Gasteiger partial charge is 0.352 e. The molecular weight excluding hydrogens is 312 g/mol. The first-order chi connectivity index (χ1) is 12.2. The van der Waals surface area contributed by atoms with Gasteiger partial charge in [0.1, 0.15) is 6.04 Å². The van der Waals surface area contributed by atoms with E-state index in [1.54, 1.807) is 12.1 Å². The first-order valence-corrected chi connectivity index (χ1v) is 9.90. The highest BCUT2D eigenvalue weighted by Crippen LogP contribution is 2.27. The lowest BCUT2D eigenvalue weighted by atomic mass is 9.83. The number of amides is 2. The van der Waals surface area contributed by atoms with Crippen molar-refractivity contribution in [2.24, 2.45) is 5.92 Å². The zero-order chi connectivity index (χ0) is 17.5. The van der Waals surface area contributed by atoms with Crippen molar-refractivity contribution in [3.05, 3.63) is 35.9 Å². The van der Waals surface area contributed by atoms with Crippen LogP contribution in [0.25, 0.3) is 0 Å². The van der Waals surface area contributed by atoms with Crippen LogP contribution in [0, 0.1) is 5.92 Å². The van der Waals surface area contributed by atoms with Crippen molar-refractivity contribution in [2.45, 2.75) is 76.3 Å². The molecule has 2 N–H and O–H groups in total. The SMILES string of the molecule is O=C(NC(C(=O)NC1CCCCC1)C1CCCCC1)c1ccccc1. The van der Waals surface area contributed by atoms with E-state index in [4.69, 9.17) is 0 Å². The average Bonchev–Trinajstić information content (AvgIpc) is 2.68. The van der Waals surface area contributed by atoms with Gasteiger partial charge in [-0.05, 0) is 43.7 Å². The predicted molar refractivity (Wildman–Crippen MR) is 99.3 cm³/mol. The second-order valence-corrected chi connectivity index (χ2v) is 7.56. The van der Waals surface area contributed by atoms with Gasteiger partial charge in [-0.15, -0.1) is 0 Å². The molecule has 0 aliphatic heterocycles. The van der Waals surface area contributed by atoms with Crippen LogP contribution in [0.1, 0.15) is 74.6 Å². The summed E-state index contributed by atoms with van der Waals surface area (Å²) in [7, 11) is 0. The van der Waals surface area contributed by atoms with Crippen LogP contribution in [0.15, 0.2) is 30.3 Å². The molecule has 1 aromatic carbocycles. The van der Waals surface area contributed by atoms with E-state index >= 15 is 0 Å². The van der Waals surface area contributed by atoms with Gasteiger partial charge in [-0.3, -0.25) is 9.59 Å². The van der Waals surface area contributed by atoms with E-state index in [1.807, 2.05) is 18.2 Å². The number of carbonyl (C=O) groups is 2. The van der Waals surface area contributed by atoms with Crippen LogP contribution in [0.4, 0.5) is 0 Å². The van der Waals surface area contributed by atoms with E-state index in [2.05, 4.69) is 10.6 Å². The summed E-state index contributed by atoms with van der Waals surface area (Å²) in [6.07, 6.45) is 11.4. The van der Waals surface area contributed by atoms with E-state index in [-0.39, 0.29) is 23.8 Å². The van der Waals surface area contributed by atoms with Crippen LogP contribution in [0.2, 0.25) is 0 Å². The predicted octanol–water partition coefficient (Wildman–Crippen LogP) is 3.81. The third-order valence-electron chi connectivity index (χ3n) is 5.68. The maximum absolute atomic E-state index is 13.0. The first-order valence-electron chi connectivity index (χ1n) is 9.90. The van der Waals surface area contributed by atoms with Crippen LogP contribution < -0.4 is 10.6 Å². The summed E-state index contributed by atoms with van der Waals surface area (Å²) < 4.78 is 0. The molecule has 3 rings (SSSR count). The fourth-order valence-electron chi connectivity index (χ4n) is 4.22. The molecule has 0 radical (unpaired) electrons. The molecule has 0 heterocycles. The molecule has 1 atom stereocenters. The number of rotatable bonds is 5. The summed E-state index contributed by atoms with van der Waals surface area (Å²) in [5.41, 5.74) is 0.619. The Balaban J connectivity index is 1.67. The summed E-state index contributed by atoms with van der Waals surface area (Å²) in [6, 6.07) is 9.07. The molecule has 0 spiro atoms. The quantitative estimate of drug-likeness (QED) is 0.855. The molecule has 0 bridgehead atoms. The molecule has 2 aliphatic carbocycles. The van der Waals surface area contributed by atoms with Crippen LogP contribution in [0.3, 0.4) is 0 Å². The Bertz CT molecular complexity index is 561. The lowest BCUT2D eigenvalue weighted by Gasteiger charge is -2.32. The van der Waals surface area contributed by atoms with Gasteiger partial charge in [-0.1, -0.05) is 56.7 Å². The molecule has 4 heteroatoms. The fraction of sp³-hybridized carbons (Fsp3) is 0.619. The zero-order valence-corrected chi connectivity index (χ0v) is 15.0. The lowest BCUT2D eigenvalue weighted by molar-refractivity contribution is -0.125. The van der Waals surface area contributed by atoms with Gasteiger partial charge in [0, 0.05) is 11.6 Å². The number of nitrogens with one attached hydrogen (secondary N) is 2. The van der Waals surface area contributed by atoms with E-state index < -0.39 is 6.04 Å². The maximum atomic E-state index is 13.0. The fourth-order valence-corrected chi connectivity index (χ4v) is 4.22. The molecule has 0 aromatic heterocycles. The Hall–Kier alpha value is -1.84. The van der Waals surface area contributed by atoms with E-state index in [9.17, 15) is 9.59 Å². The first kappa shape index (κ1) is 18.0. The summed E-state index contributed by atoms with van der Waals surface area (Å²) in [5.74, 6) is 0.128. The van der Waals surface area contributed by atoms with Gasteiger partial charge >= 0.3 is 0 Å². The van der Waals surface area contributed by atoms with Crippen LogP contribution in [0.5, 0.6) is 0 Å². The molecule has 2 aliphatic rings. The number of hydrogen-bond donors (Lipinski definition) is 2. The molecule has 2 fully saturated rings. The van der Waals surface area contributed by atoms with Gasteiger partial charge in [0.05, 0.1) is 0 Å². The smallest absolute Gasteiger partial charge is 0.251 e. The molecule has 4 nitrogen and oxygen atoms in total. The second kappa shape index (κ2) is 9.02. The highest BCUT2D eigenvalue weighted by molar-refractivity contribution is 5.97. The normalized spacial score (nSPS) is 20.6. The summed E-state index contributed by atoms with van der Waals surface area (Å²) in [5, 5.41) is 6.26. The van der Waals surface area contributed by atoms with Crippen molar-refractivity contribution in [1.82, 2.24) is 10.6 Å². The van der Waals surface area contributed by atoms with Gasteiger partial charge in [0.2, 0.25) is 5.91 Å². The van der Waals surface area contributed by atoms with Gasteiger partial charge in [-0.25, -0.2) is 0 Å². The minimum atomic E-state index is -0.407. The Labute approximate surface area is 150 Å². The molecule has 25 heavy (non-hydrogen) atoms. The highest BCUT2D eigenvalue weighted by Gasteiger charge is 2.32. The Morgan fingerprint density at radius 2 is 1.44 bits per heavy atom. The van der Waals surface area contributed by atoms with Gasteiger partial charge in [-0.2, -0.15) is 0 Å². The highest BCUT2D eigenvalue weighted by atomic mass is 16.2. The molecule has 0 saturated heterocycles. The average molecular weight is 342 g/mol. The number of hydrogen-bond acceptors (Lipinski definition) is 2.